The summed E-state index contributed by atoms with van der Waals surface area (Å²) >= 11 is 3.13. The fourth-order valence-electron chi connectivity index (χ4n) is 1.32. The summed E-state index contributed by atoms with van der Waals surface area (Å²) in [5.74, 6) is -1.41. The summed E-state index contributed by atoms with van der Waals surface area (Å²) < 4.78 is 24.2. The van der Waals surface area contributed by atoms with Gasteiger partial charge in [-0.1, -0.05) is 0 Å². The average Bonchev–Trinajstić information content (AvgIpc) is 2.39. The molecule has 0 radical (unpaired) electrons. The summed E-state index contributed by atoms with van der Waals surface area (Å²) in [6.45, 7) is 0. The smallest absolute Gasteiger partial charge is 0.210 e. The number of nitrogens with two attached hydrogens (primary N) is 1. The van der Waals surface area contributed by atoms with Gasteiger partial charge in [0.1, 0.15) is 11.8 Å². The molecule has 0 aliphatic heterocycles. The maximum atomic E-state index is 14.1. The van der Waals surface area contributed by atoms with Crippen LogP contribution in [-0.4, -0.2) is 25.8 Å². The lowest BCUT2D eigenvalue weighted by Crippen LogP contribution is -2.22. The number of methoxy groups -OCH3 is 2. The molecule has 1 aromatic carbocycles. The Labute approximate surface area is 122 Å². The van der Waals surface area contributed by atoms with Gasteiger partial charge in [0.15, 0.2) is 17.3 Å². The molecule has 0 aliphatic carbocycles. The van der Waals surface area contributed by atoms with Crippen molar-refractivity contribution in [1.29, 1.82) is 10.7 Å². The molecule has 1 aromatic rings. The van der Waals surface area contributed by atoms with E-state index in [-0.39, 0.29) is 22.9 Å². The number of hydrogen-bond acceptors (Lipinski definition) is 6. The number of benzene rings is 1. The summed E-state index contributed by atoms with van der Waals surface area (Å²) in [5.41, 5.74) is 7.38. The van der Waals surface area contributed by atoms with Crippen molar-refractivity contribution in [2.45, 2.75) is 0 Å². The van der Waals surface area contributed by atoms with Crippen LogP contribution in [0.5, 0.6) is 11.5 Å². The normalized spacial score (nSPS) is 10.7. The Hall–Kier alpha value is -2.34. The molecule has 9 heteroatoms. The van der Waals surface area contributed by atoms with Crippen LogP contribution in [0.3, 0.4) is 0 Å². The quantitative estimate of drug-likeness (QED) is 0.428. The Bertz CT molecular complexity index is 612. The fourth-order valence-corrected chi connectivity index (χ4v) is 1.88. The highest BCUT2D eigenvalue weighted by atomic mass is 79.9. The lowest BCUT2D eigenvalue weighted by Gasteiger charge is -2.13. The van der Waals surface area contributed by atoms with Crippen molar-refractivity contribution in [3.05, 3.63) is 16.4 Å². The van der Waals surface area contributed by atoms with Crippen molar-refractivity contribution < 1.29 is 13.9 Å². The molecule has 0 aromatic heterocycles. The Balaban J connectivity index is 3.27. The number of ether oxygens (including phenoxy) is 2. The first-order valence-corrected chi connectivity index (χ1v) is 5.93. The zero-order chi connectivity index (χ0) is 15.3. The molecule has 0 atom stereocenters. The highest BCUT2D eigenvalue weighted by Gasteiger charge is 2.19. The zero-order valence-electron chi connectivity index (χ0n) is 10.6. The van der Waals surface area contributed by atoms with E-state index in [0.29, 0.717) is 4.47 Å². The molecule has 106 valence electrons. The van der Waals surface area contributed by atoms with E-state index in [1.807, 2.05) is 0 Å². The lowest BCUT2D eigenvalue weighted by atomic mass is 10.2. The number of nitrogens with one attached hydrogen (secondary N) is 2. The molecule has 0 heterocycles. The molecule has 0 spiro atoms. The number of amidine groups is 1. The summed E-state index contributed by atoms with van der Waals surface area (Å²) in [7, 11) is 2.59. The van der Waals surface area contributed by atoms with Gasteiger partial charge in [0.2, 0.25) is 11.5 Å². The maximum absolute atomic E-state index is 14.1. The molecule has 0 saturated heterocycles. The first-order chi connectivity index (χ1) is 9.46. The predicted molar refractivity (Wildman–Crippen MR) is 75.8 cm³/mol. The van der Waals surface area contributed by atoms with E-state index in [1.165, 1.54) is 20.3 Å². The first kappa shape index (κ1) is 15.7. The van der Waals surface area contributed by atoms with Crippen LogP contribution in [-0.2, 0) is 0 Å². The Kier molecular flexibility index (Phi) is 5.28. The largest absolute Gasteiger partial charge is 0.492 e. The lowest BCUT2D eigenvalue weighted by molar-refractivity contribution is 0.350. The second-order valence-corrected chi connectivity index (χ2v) is 4.24. The highest BCUT2D eigenvalue weighted by Crippen LogP contribution is 2.40. The third-order valence-electron chi connectivity index (χ3n) is 2.19. The Morgan fingerprint density at radius 2 is 2.10 bits per heavy atom. The van der Waals surface area contributed by atoms with Crippen LogP contribution >= 0.6 is 15.9 Å². The number of hydrazone groups is 1. The van der Waals surface area contributed by atoms with Crippen LogP contribution in [0.25, 0.3) is 0 Å². The van der Waals surface area contributed by atoms with E-state index in [0.717, 1.165) is 0 Å². The molecule has 1 rings (SSSR count). The molecule has 0 amide bonds. The zero-order valence-corrected chi connectivity index (χ0v) is 12.2. The molecule has 4 N–H and O–H groups in total. The van der Waals surface area contributed by atoms with Crippen molar-refractivity contribution >= 4 is 33.2 Å². The molecule has 0 saturated carbocycles. The Morgan fingerprint density at radius 1 is 1.50 bits per heavy atom. The van der Waals surface area contributed by atoms with Crippen LogP contribution in [0.4, 0.5) is 10.1 Å². The summed E-state index contributed by atoms with van der Waals surface area (Å²) in [6.07, 6.45) is 0. The molecular formula is C11H11BrFN5O2. The van der Waals surface area contributed by atoms with Crippen molar-refractivity contribution in [2.75, 3.05) is 19.6 Å². The standard InChI is InChI=1S/C11H11BrFN5O2/c1-19-9-5(12)3-6(10(20-2)8(9)13)17-18-7(4-14)11(15)16/h3,17H,1-2H3,(H3,15,16)/b18-7+. The fraction of sp³-hybridized carbons (Fsp3) is 0.182. The minimum absolute atomic E-state index is 0.0246. The first-order valence-electron chi connectivity index (χ1n) is 5.14. The van der Waals surface area contributed by atoms with Crippen molar-refractivity contribution in [2.24, 2.45) is 10.8 Å². The summed E-state index contributed by atoms with van der Waals surface area (Å²) in [4.78, 5) is 0. The SMILES string of the molecule is COc1c(Br)cc(N/N=C(\C#N)C(=N)N)c(OC)c1F. The van der Waals surface area contributed by atoms with Crippen molar-refractivity contribution in [1.82, 2.24) is 0 Å². The van der Waals surface area contributed by atoms with E-state index in [9.17, 15) is 4.39 Å². The minimum atomic E-state index is -0.733. The van der Waals surface area contributed by atoms with Crippen LogP contribution in [0.2, 0.25) is 0 Å². The second-order valence-electron chi connectivity index (χ2n) is 3.38. The molecule has 0 bridgehead atoms. The number of rotatable bonds is 5. The number of nitriles is 1. The van der Waals surface area contributed by atoms with Crippen LogP contribution in [0, 0.1) is 22.6 Å². The summed E-state index contributed by atoms with van der Waals surface area (Å²) in [6, 6.07) is 3.09. The monoisotopic (exact) mass is 343 g/mol. The number of hydrogen-bond donors (Lipinski definition) is 3. The molecule has 0 aliphatic rings. The maximum Gasteiger partial charge on any atom is 0.210 e. The minimum Gasteiger partial charge on any atom is -0.492 e. The van der Waals surface area contributed by atoms with Gasteiger partial charge in [0.25, 0.3) is 0 Å². The Morgan fingerprint density at radius 3 is 2.55 bits per heavy atom. The van der Waals surface area contributed by atoms with Crippen LogP contribution in [0.15, 0.2) is 15.6 Å². The highest BCUT2D eigenvalue weighted by molar-refractivity contribution is 9.10. The van der Waals surface area contributed by atoms with Gasteiger partial charge < -0.3 is 15.2 Å². The van der Waals surface area contributed by atoms with Gasteiger partial charge in [-0.15, -0.1) is 0 Å². The van der Waals surface area contributed by atoms with Gasteiger partial charge in [0, 0.05) is 0 Å². The topological polar surface area (TPSA) is 117 Å². The van der Waals surface area contributed by atoms with Gasteiger partial charge in [-0.25, -0.2) is 0 Å². The van der Waals surface area contributed by atoms with E-state index >= 15 is 0 Å². The van der Waals surface area contributed by atoms with Crippen LogP contribution < -0.4 is 20.6 Å². The van der Waals surface area contributed by atoms with E-state index < -0.39 is 11.7 Å². The average molecular weight is 344 g/mol. The molecule has 7 nitrogen and oxygen atoms in total. The van der Waals surface area contributed by atoms with Crippen molar-refractivity contribution in [3.8, 4) is 17.6 Å². The summed E-state index contributed by atoms with van der Waals surface area (Å²) in [5, 5.41) is 19.4. The molecular weight excluding hydrogens is 333 g/mol. The van der Waals surface area contributed by atoms with Crippen LogP contribution in [0.1, 0.15) is 0 Å². The number of nitrogens with zero attached hydrogens (tertiary/aromatic N) is 2. The van der Waals surface area contributed by atoms with Gasteiger partial charge >= 0.3 is 0 Å². The van der Waals surface area contributed by atoms with E-state index in [1.54, 1.807) is 6.07 Å². The third-order valence-corrected chi connectivity index (χ3v) is 2.78. The molecule has 20 heavy (non-hydrogen) atoms. The second kappa shape index (κ2) is 6.72. The van der Waals surface area contributed by atoms with E-state index in [4.69, 9.17) is 25.9 Å². The van der Waals surface area contributed by atoms with Gasteiger partial charge in [-0.05, 0) is 22.0 Å². The number of anilines is 1. The third kappa shape index (κ3) is 3.16. The predicted octanol–water partition coefficient (Wildman–Crippen LogP) is 1.83. The van der Waals surface area contributed by atoms with Crippen molar-refractivity contribution in [3.63, 3.8) is 0 Å². The van der Waals surface area contributed by atoms with Gasteiger partial charge in [0.05, 0.1) is 18.7 Å². The van der Waals surface area contributed by atoms with E-state index in [2.05, 4.69) is 26.5 Å². The number of halogens is 2. The van der Waals surface area contributed by atoms with Gasteiger partial charge in [-0.3, -0.25) is 10.8 Å². The van der Waals surface area contributed by atoms with Gasteiger partial charge in [-0.2, -0.15) is 14.8 Å². The molecule has 0 fully saturated rings. The molecule has 0 unspecified atom stereocenters.